The second kappa shape index (κ2) is 5.60. The Kier molecular flexibility index (Phi) is 4.40. The van der Waals surface area contributed by atoms with E-state index in [-0.39, 0.29) is 0 Å². The number of hydrogen-bond acceptors (Lipinski definition) is 2. The Morgan fingerprint density at radius 1 is 1.36 bits per heavy atom. The molecule has 0 saturated heterocycles. The molecule has 0 radical (unpaired) electrons. The Hall–Kier alpha value is -1.09. The van der Waals surface area contributed by atoms with E-state index < -0.39 is 0 Å². The average molecular weight is 253 g/mol. The van der Waals surface area contributed by atoms with Crippen LogP contribution in [0.1, 0.15) is 0 Å². The normalized spacial score (nSPS) is 9.50. The molecule has 3 heteroatoms. The summed E-state index contributed by atoms with van der Waals surface area (Å²) in [4.78, 5) is 6.39. The maximum Gasteiger partial charge on any atom is 0.143 e. The monoisotopic (exact) mass is 252 g/mol. The van der Waals surface area contributed by atoms with E-state index in [0.717, 1.165) is 23.4 Å². The first-order valence-electron chi connectivity index (χ1n) is 4.37. The van der Waals surface area contributed by atoms with Crippen LogP contribution < -0.4 is 4.90 Å². The fourth-order valence-electron chi connectivity index (χ4n) is 1.17. The van der Waals surface area contributed by atoms with Gasteiger partial charge >= 0.3 is 0 Å². The van der Waals surface area contributed by atoms with E-state index in [1.54, 1.807) is 6.20 Å². The van der Waals surface area contributed by atoms with Crippen molar-refractivity contribution in [3.05, 3.63) is 48.1 Å². The third kappa shape index (κ3) is 2.70. The van der Waals surface area contributed by atoms with Crippen molar-refractivity contribution in [2.24, 2.45) is 0 Å². The lowest BCUT2D eigenvalue weighted by atomic mass is 10.4. The third-order valence-electron chi connectivity index (χ3n) is 1.74. The minimum atomic E-state index is 0.766. The molecule has 2 nitrogen and oxygen atoms in total. The predicted octanol–water partition coefficient (Wildman–Crippen LogP) is 3.02. The summed E-state index contributed by atoms with van der Waals surface area (Å²) in [7, 11) is 0. The number of nitrogens with zero attached hydrogens (tertiary/aromatic N) is 2. The highest BCUT2D eigenvalue weighted by molar-refractivity contribution is 9.10. The van der Waals surface area contributed by atoms with Crippen LogP contribution in [0.2, 0.25) is 0 Å². The number of halogens is 1. The molecule has 1 aromatic rings. The second-order valence-corrected chi connectivity index (χ2v) is 3.65. The van der Waals surface area contributed by atoms with Crippen molar-refractivity contribution in [3.63, 3.8) is 0 Å². The van der Waals surface area contributed by atoms with Crippen LogP contribution in [0.4, 0.5) is 5.82 Å². The minimum Gasteiger partial charge on any atom is -0.348 e. The zero-order valence-electron chi connectivity index (χ0n) is 7.99. The van der Waals surface area contributed by atoms with Crippen LogP contribution in [-0.4, -0.2) is 18.1 Å². The topological polar surface area (TPSA) is 16.1 Å². The predicted molar refractivity (Wildman–Crippen MR) is 64.5 cm³/mol. The van der Waals surface area contributed by atoms with E-state index in [1.165, 1.54) is 0 Å². The largest absolute Gasteiger partial charge is 0.348 e. The lowest BCUT2D eigenvalue weighted by molar-refractivity contribution is 0.922. The van der Waals surface area contributed by atoms with Gasteiger partial charge in [0.05, 0.1) is 4.47 Å². The van der Waals surface area contributed by atoms with Gasteiger partial charge < -0.3 is 4.90 Å². The van der Waals surface area contributed by atoms with Crippen LogP contribution in [0.5, 0.6) is 0 Å². The van der Waals surface area contributed by atoms with Crippen molar-refractivity contribution >= 4 is 21.7 Å². The number of hydrogen-bond donors (Lipinski definition) is 0. The van der Waals surface area contributed by atoms with E-state index in [4.69, 9.17) is 0 Å². The Bertz CT molecular complexity index is 313. The van der Waals surface area contributed by atoms with E-state index in [0.29, 0.717) is 0 Å². The molecule has 1 aromatic heterocycles. The molecule has 0 atom stereocenters. The lowest BCUT2D eigenvalue weighted by Crippen LogP contribution is -2.24. The molecule has 0 aliphatic carbocycles. The van der Waals surface area contributed by atoms with Crippen molar-refractivity contribution in [1.82, 2.24) is 4.98 Å². The fraction of sp³-hybridized carbons (Fsp3) is 0.182. The van der Waals surface area contributed by atoms with E-state index in [1.807, 2.05) is 24.3 Å². The van der Waals surface area contributed by atoms with Crippen molar-refractivity contribution in [3.8, 4) is 0 Å². The minimum absolute atomic E-state index is 0.766. The zero-order chi connectivity index (χ0) is 10.4. The smallest absolute Gasteiger partial charge is 0.143 e. The third-order valence-corrected chi connectivity index (χ3v) is 2.36. The highest BCUT2D eigenvalue weighted by Gasteiger charge is 2.07. The van der Waals surface area contributed by atoms with Gasteiger partial charge in [0.25, 0.3) is 0 Å². The lowest BCUT2D eigenvalue weighted by Gasteiger charge is -2.21. The fourth-order valence-corrected chi connectivity index (χ4v) is 1.67. The Morgan fingerprint density at radius 2 is 2.00 bits per heavy atom. The van der Waals surface area contributed by atoms with Crippen molar-refractivity contribution in [1.29, 1.82) is 0 Å². The molecule has 0 N–H and O–H groups in total. The molecular weight excluding hydrogens is 240 g/mol. The number of anilines is 1. The van der Waals surface area contributed by atoms with Crippen molar-refractivity contribution < 1.29 is 0 Å². The molecular formula is C11H13BrN2. The van der Waals surface area contributed by atoms with Crippen LogP contribution in [0.15, 0.2) is 48.1 Å². The van der Waals surface area contributed by atoms with Gasteiger partial charge in [-0.3, -0.25) is 0 Å². The first kappa shape index (κ1) is 11.0. The van der Waals surface area contributed by atoms with Gasteiger partial charge in [0.2, 0.25) is 0 Å². The maximum atomic E-state index is 4.30. The van der Waals surface area contributed by atoms with Crippen molar-refractivity contribution in [2.75, 3.05) is 18.0 Å². The van der Waals surface area contributed by atoms with Crippen LogP contribution in [0, 0.1) is 0 Å². The molecule has 14 heavy (non-hydrogen) atoms. The van der Waals surface area contributed by atoms with Gasteiger partial charge in [-0.2, -0.15) is 0 Å². The Labute approximate surface area is 93.1 Å². The summed E-state index contributed by atoms with van der Waals surface area (Å²) in [6.45, 7) is 8.97. The van der Waals surface area contributed by atoms with Gasteiger partial charge in [-0.15, -0.1) is 13.2 Å². The van der Waals surface area contributed by atoms with E-state index >= 15 is 0 Å². The summed E-state index contributed by atoms with van der Waals surface area (Å²) in [5.74, 6) is 0.923. The van der Waals surface area contributed by atoms with Crippen LogP contribution in [0.25, 0.3) is 0 Å². The van der Waals surface area contributed by atoms with Crippen molar-refractivity contribution in [2.45, 2.75) is 0 Å². The Balaban J connectivity index is 2.91. The van der Waals surface area contributed by atoms with Gasteiger partial charge in [0, 0.05) is 19.3 Å². The van der Waals surface area contributed by atoms with Gasteiger partial charge in [-0.25, -0.2) is 4.98 Å². The summed E-state index contributed by atoms with van der Waals surface area (Å²) in [5.41, 5.74) is 0. The first-order valence-corrected chi connectivity index (χ1v) is 5.16. The molecule has 0 fully saturated rings. The molecule has 0 spiro atoms. The highest BCUT2D eigenvalue weighted by atomic mass is 79.9. The molecule has 0 aromatic carbocycles. The molecule has 1 rings (SSSR count). The van der Waals surface area contributed by atoms with E-state index in [9.17, 15) is 0 Å². The van der Waals surface area contributed by atoms with Crippen LogP contribution >= 0.6 is 15.9 Å². The summed E-state index contributed by atoms with van der Waals surface area (Å²) in [6, 6.07) is 3.87. The second-order valence-electron chi connectivity index (χ2n) is 2.79. The van der Waals surface area contributed by atoms with Gasteiger partial charge in [0.15, 0.2) is 0 Å². The summed E-state index contributed by atoms with van der Waals surface area (Å²) >= 11 is 3.46. The van der Waals surface area contributed by atoms with Gasteiger partial charge in [-0.1, -0.05) is 12.2 Å². The number of aromatic nitrogens is 1. The molecule has 0 bridgehead atoms. The van der Waals surface area contributed by atoms with E-state index in [2.05, 4.69) is 39.0 Å². The molecule has 1 heterocycles. The number of rotatable bonds is 5. The van der Waals surface area contributed by atoms with Gasteiger partial charge in [-0.05, 0) is 28.1 Å². The summed E-state index contributed by atoms with van der Waals surface area (Å²) < 4.78 is 0.990. The van der Waals surface area contributed by atoms with Crippen LogP contribution in [0.3, 0.4) is 0 Å². The average Bonchev–Trinajstić information content (AvgIpc) is 2.18. The SMILES string of the molecule is C=CCN(CC=C)c1ncccc1Br. The molecule has 0 aliphatic heterocycles. The molecule has 0 aliphatic rings. The first-order chi connectivity index (χ1) is 6.79. The highest BCUT2D eigenvalue weighted by Crippen LogP contribution is 2.22. The molecule has 0 amide bonds. The summed E-state index contributed by atoms with van der Waals surface area (Å²) in [6.07, 6.45) is 5.48. The summed E-state index contributed by atoms with van der Waals surface area (Å²) in [5, 5.41) is 0. The van der Waals surface area contributed by atoms with Gasteiger partial charge in [0.1, 0.15) is 5.82 Å². The Morgan fingerprint density at radius 3 is 2.50 bits per heavy atom. The number of pyridine rings is 1. The maximum absolute atomic E-state index is 4.30. The molecule has 0 unspecified atom stereocenters. The standard InChI is InChI=1S/C11H13BrN2/c1-3-8-14(9-4-2)11-10(12)6-5-7-13-11/h3-7H,1-2,8-9H2. The molecule has 0 saturated carbocycles. The van der Waals surface area contributed by atoms with Crippen LogP contribution in [-0.2, 0) is 0 Å². The quantitative estimate of drug-likeness (QED) is 0.750. The molecule has 74 valence electrons. The zero-order valence-corrected chi connectivity index (χ0v) is 9.57.